The van der Waals surface area contributed by atoms with Crippen LogP contribution in [-0.2, 0) is 0 Å². The molecule has 1 aromatic heterocycles. The molecular formula is C17H16N2O2. The zero-order valence-electron chi connectivity index (χ0n) is 11.8. The van der Waals surface area contributed by atoms with Crippen molar-refractivity contribution in [1.29, 1.82) is 0 Å². The van der Waals surface area contributed by atoms with Crippen molar-refractivity contribution in [2.75, 3.05) is 7.11 Å². The van der Waals surface area contributed by atoms with Gasteiger partial charge in [-0.3, -0.25) is 0 Å². The third-order valence-electron chi connectivity index (χ3n) is 3.95. The SMILES string of the molecule is COc1ccc2c(c1)nc(-c1ccccc1O)n2C1CC1. The number of phenols is 1. The number of ether oxygens (including phenoxy) is 1. The summed E-state index contributed by atoms with van der Waals surface area (Å²) in [7, 11) is 1.66. The zero-order chi connectivity index (χ0) is 14.4. The predicted molar refractivity (Wildman–Crippen MR) is 81.7 cm³/mol. The molecule has 4 rings (SSSR count). The number of para-hydroxylation sites is 1. The van der Waals surface area contributed by atoms with Crippen molar-refractivity contribution >= 4 is 11.0 Å². The predicted octanol–water partition coefficient (Wildman–Crippen LogP) is 3.75. The Kier molecular flexibility index (Phi) is 2.64. The molecule has 0 unspecified atom stereocenters. The van der Waals surface area contributed by atoms with Gasteiger partial charge in [0.2, 0.25) is 0 Å². The van der Waals surface area contributed by atoms with Gasteiger partial charge in [0.05, 0.1) is 23.7 Å². The monoisotopic (exact) mass is 280 g/mol. The van der Waals surface area contributed by atoms with Crippen LogP contribution in [0.2, 0.25) is 0 Å². The average Bonchev–Trinajstić information content (AvgIpc) is 3.27. The van der Waals surface area contributed by atoms with Gasteiger partial charge >= 0.3 is 0 Å². The smallest absolute Gasteiger partial charge is 0.145 e. The van der Waals surface area contributed by atoms with Crippen molar-refractivity contribution in [3.8, 4) is 22.9 Å². The lowest BCUT2D eigenvalue weighted by Crippen LogP contribution is -1.97. The molecule has 0 amide bonds. The standard InChI is InChI=1S/C17H16N2O2/c1-21-12-8-9-15-14(10-12)18-17(19(15)11-6-7-11)13-4-2-3-5-16(13)20/h2-5,8-11,20H,6-7H2,1H3. The summed E-state index contributed by atoms with van der Waals surface area (Å²) >= 11 is 0. The van der Waals surface area contributed by atoms with Crippen molar-refractivity contribution < 1.29 is 9.84 Å². The van der Waals surface area contributed by atoms with Gasteiger partial charge in [-0.2, -0.15) is 0 Å². The molecule has 4 nitrogen and oxygen atoms in total. The van der Waals surface area contributed by atoms with E-state index in [9.17, 15) is 5.11 Å². The van der Waals surface area contributed by atoms with E-state index in [0.717, 1.165) is 41.0 Å². The Balaban J connectivity index is 1.99. The minimum Gasteiger partial charge on any atom is -0.507 e. The number of benzene rings is 2. The van der Waals surface area contributed by atoms with E-state index in [1.807, 2.05) is 36.4 Å². The third-order valence-corrected chi connectivity index (χ3v) is 3.95. The Morgan fingerprint density at radius 2 is 2.00 bits per heavy atom. The average molecular weight is 280 g/mol. The zero-order valence-corrected chi connectivity index (χ0v) is 11.8. The molecule has 1 saturated carbocycles. The number of aromatic nitrogens is 2. The first-order valence-corrected chi connectivity index (χ1v) is 7.12. The second kappa shape index (κ2) is 4.52. The molecule has 1 heterocycles. The summed E-state index contributed by atoms with van der Waals surface area (Å²) < 4.78 is 7.52. The first-order valence-electron chi connectivity index (χ1n) is 7.12. The maximum absolute atomic E-state index is 10.1. The van der Waals surface area contributed by atoms with Gasteiger partial charge in [-0.1, -0.05) is 12.1 Å². The van der Waals surface area contributed by atoms with Gasteiger partial charge in [0.15, 0.2) is 0 Å². The number of methoxy groups -OCH3 is 1. The lowest BCUT2D eigenvalue weighted by Gasteiger charge is -2.09. The second-order valence-electron chi connectivity index (χ2n) is 5.41. The largest absolute Gasteiger partial charge is 0.507 e. The molecule has 1 fully saturated rings. The van der Waals surface area contributed by atoms with Gasteiger partial charge in [-0.05, 0) is 37.1 Å². The van der Waals surface area contributed by atoms with Gasteiger partial charge in [-0.15, -0.1) is 0 Å². The molecule has 1 N–H and O–H groups in total. The molecular weight excluding hydrogens is 264 g/mol. The van der Waals surface area contributed by atoms with Gasteiger partial charge in [0, 0.05) is 12.1 Å². The quantitative estimate of drug-likeness (QED) is 0.794. The summed E-state index contributed by atoms with van der Waals surface area (Å²) in [5.41, 5.74) is 2.77. The van der Waals surface area contributed by atoms with Crippen molar-refractivity contribution in [3.05, 3.63) is 42.5 Å². The molecule has 1 aliphatic carbocycles. The van der Waals surface area contributed by atoms with E-state index in [2.05, 4.69) is 4.57 Å². The summed E-state index contributed by atoms with van der Waals surface area (Å²) in [5.74, 6) is 1.90. The lowest BCUT2D eigenvalue weighted by molar-refractivity contribution is 0.415. The van der Waals surface area contributed by atoms with Gasteiger partial charge < -0.3 is 14.4 Å². The molecule has 0 bridgehead atoms. The Morgan fingerprint density at radius 3 is 2.71 bits per heavy atom. The van der Waals surface area contributed by atoms with Crippen molar-refractivity contribution in [2.45, 2.75) is 18.9 Å². The van der Waals surface area contributed by atoms with Crippen LogP contribution < -0.4 is 4.74 Å². The summed E-state index contributed by atoms with van der Waals surface area (Å²) in [4.78, 5) is 4.74. The number of hydrogen-bond donors (Lipinski definition) is 1. The van der Waals surface area contributed by atoms with Gasteiger partial charge in [0.25, 0.3) is 0 Å². The van der Waals surface area contributed by atoms with E-state index in [-0.39, 0.29) is 5.75 Å². The molecule has 21 heavy (non-hydrogen) atoms. The number of fused-ring (bicyclic) bond motifs is 1. The van der Waals surface area contributed by atoms with Crippen LogP contribution in [0.5, 0.6) is 11.5 Å². The number of imidazole rings is 1. The third kappa shape index (κ3) is 1.95. The number of hydrogen-bond acceptors (Lipinski definition) is 3. The van der Waals surface area contributed by atoms with Crippen LogP contribution >= 0.6 is 0 Å². The van der Waals surface area contributed by atoms with E-state index < -0.39 is 0 Å². The van der Waals surface area contributed by atoms with Gasteiger partial charge in [0.1, 0.15) is 17.3 Å². The fraction of sp³-hybridized carbons (Fsp3) is 0.235. The maximum Gasteiger partial charge on any atom is 0.145 e. The van der Waals surface area contributed by atoms with E-state index in [1.165, 1.54) is 0 Å². The minimum absolute atomic E-state index is 0.265. The van der Waals surface area contributed by atoms with Crippen molar-refractivity contribution in [3.63, 3.8) is 0 Å². The Morgan fingerprint density at radius 1 is 1.19 bits per heavy atom. The summed E-state index contributed by atoms with van der Waals surface area (Å²) in [6, 6.07) is 13.8. The van der Waals surface area contributed by atoms with E-state index in [1.54, 1.807) is 13.2 Å². The Labute approximate surface area is 122 Å². The highest BCUT2D eigenvalue weighted by Crippen LogP contribution is 2.43. The molecule has 0 radical (unpaired) electrons. The van der Waals surface area contributed by atoms with Crippen LogP contribution in [0.4, 0.5) is 0 Å². The van der Waals surface area contributed by atoms with E-state index in [4.69, 9.17) is 9.72 Å². The van der Waals surface area contributed by atoms with Crippen LogP contribution in [0.3, 0.4) is 0 Å². The summed E-state index contributed by atoms with van der Waals surface area (Å²) in [6.07, 6.45) is 2.33. The van der Waals surface area contributed by atoms with Crippen LogP contribution in [0.25, 0.3) is 22.4 Å². The van der Waals surface area contributed by atoms with E-state index >= 15 is 0 Å². The highest BCUT2D eigenvalue weighted by atomic mass is 16.5. The molecule has 4 heteroatoms. The van der Waals surface area contributed by atoms with Crippen LogP contribution in [0.15, 0.2) is 42.5 Å². The molecule has 2 aromatic carbocycles. The second-order valence-corrected chi connectivity index (χ2v) is 5.41. The van der Waals surface area contributed by atoms with Crippen molar-refractivity contribution in [2.24, 2.45) is 0 Å². The first kappa shape index (κ1) is 12.3. The van der Waals surface area contributed by atoms with Crippen molar-refractivity contribution in [1.82, 2.24) is 9.55 Å². The molecule has 3 aromatic rings. The highest BCUT2D eigenvalue weighted by molar-refractivity contribution is 5.83. The normalized spacial score (nSPS) is 14.5. The molecule has 0 spiro atoms. The number of nitrogens with zero attached hydrogens (tertiary/aromatic N) is 2. The molecule has 1 aliphatic rings. The first-order chi connectivity index (χ1) is 10.3. The van der Waals surface area contributed by atoms with Crippen LogP contribution in [0.1, 0.15) is 18.9 Å². The number of rotatable bonds is 3. The maximum atomic E-state index is 10.1. The summed E-state index contributed by atoms with van der Waals surface area (Å²) in [6.45, 7) is 0. The lowest BCUT2D eigenvalue weighted by atomic mass is 10.2. The Hall–Kier alpha value is -2.49. The number of phenolic OH excluding ortho intramolecular Hbond substituents is 1. The fourth-order valence-corrected chi connectivity index (χ4v) is 2.76. The van der Waals surface area contributed by atoms with Crippen LogP contribution in [-0.4, -0.2) is 21.8 Å². The minimum atomic E-state index is 0.265. The van der Waals surface area contributed by atoms with Crippen LogP contribution in [0, 0.1) is 0 Å². The van der Waals surface area contributed by atoms with E-state index in [0.29, 0.717) is 6.04 Å². The summed E-state index contributed by atoms with van der Waals surface area (Å²) in [5, 5.41) is 10.1. The molecule has 0 saturated heterocycles. The fourth-order valence-electron chi connectivity index (χ4n) is 2.76. The molecule has 0 aliphatic heterocycles. The highest BCUT2D eigenvalue weighted by Gasteiger charge is 2.29. The molecule has 106 valence electrons. The topological polar surface area (TPSA) is 47.3 Å². The van der Waals surface area contributed by atoms with Gasteiger partial charge in [-0.25, -0.2) is 4.98 Å². The Bertz CT molecular complexity index is 819. The molecule has 0 atom stereocenters. The number of aromatic hydroxyl groups is 1.